The molecule has 1 aromatic carbocycles. The van der Waals surface area contributed by atoms with Crippen LogP contribution in [-0.4, -0.2) is 23.0 Å². The number of rotatable bonds is 5. The molecule has 2 heterocycles. The van der Waals surface area contributed by atoms with Crippen molar-refractivity contribution in [1.82, 2.24) is 9.97 Å². The Morgan fingerprint density at radius 3 is 2.57 bits per heavy atom. The molecule has 1 amide bonds. The third kappa shape index (κ3) is 3.29. The van der Waals surface area contributed by atoms with Gasteiger partial charge >= 0.3 is 6.18 Å². The molecule has 146 valence electrons. The summed E-state index contributed by atoms with van der Waals surface area (Å²) < 4.78 is 49.8. The summed E-state index contributed by atoms with van der Waals surface area (Å²) in [6, 6.07) is 4.16. The summed E-state index contributed by atoms with van der Waals surface area (Å²) >= 11 is 0. The molecule has 0 aliphatic carbocycles. The SMILES string of the molecule is C=CC(N)c1oc(-c2ccc(OC)c3nc(C(F)(F)F)ccc23)nc1C(N)=O. The Morgan fingerprint density at radius 2 is 2.00 bits per heavy atom. The molecule has 1 atom stereocenters. The van der Waals surface area contributed by atoms with Gasteiger partial charge in [0.1, 0.15) is 17.0 Å². The minimum Gasteiger partial charge on any atom is -0.494 e. The zero-order valence-corrected chi connectivity index (χ0v) is 14.6. The number of primary amides is 1. The van der Waals surface area contributed by atoms with Crippen molar-refractivity contribution >= 4 is 16.8 Å². The standard InChI is InChI=1S/C18H15F3N4O3/c1-3-10(22)15-14(16(23)26)25-17(28-15)9-4-6-11(27-2)13-8(9)5-7-12(24-13)18(19,20)21/h3-7,10H,1,22H2,2H3,(H2,23,26). The Kier molecular flexibility index (Phi) is 4.82. The van der Waals surface area contributed by atoms with Gasteiger partial charge in [-0.1, -0.05) is 6.08 Å². The van der Waals surface area contributed by atoms with Gasteiger partial charge in [0.2, 0.25) is 5.89 Å². The first-order chi connectivity index (χ1) is 13.2. The predicted molar refractivity (Wildman–Crippen MR) is 94.4 cm³/mol. The van der Waals surface area contributed by atoms with E-state index in [4.69, 9.17) is 20.6 Å². The average Bonchev–Trinajstić information content (AvgIpc) is 3.10. The number of carbonyl (C=O) groups excluding carboxylic acids is 1. The first-order valence-corrected chi connectivity index (χ1v) is 7.91. The monoisotopic (exact) mass is 392 g/mol. The lowest BCUT2D eigenvalue weighted by atomic mass is 10.1. The van der Waals surface area contributed by atoms with Crippen LogP contribution < -0.4 is 16.2 Å². The van der Waals surface area contributed by atoms with Crippen LogP contribution in [0.4, 0.5) is 13.2 Å². The van der Waals surface area contributed by atoms with Gasteiger partial charge in [0, 0.05) is 10.9 Å². The van der Waals surface area contributed by atoms with Crippen molar-refractivity contribution in [2.75, 3.05) is 7.11 Å². The van der Waals surface area contributed by atoms with E-state index in [1.807, 2.05) is 0 Å². The summed E-state index contributed by atoms with van der Waals surface area (Å²) in [5.41, 5.74) is 10.1. The maximum atomic E-state index is 13.0. The summed E-state index contributed by atoms with van der Waals surface area (Å²) in [6.07, 6.45) is -3.29. The van der Waals surface area contributed by atoms with Gasteiger partial charge in [-0.05, 0) is 24.3 Å². The second kappa shape index (κ2) is 6.97. The fraction of sp³-hybridized carbons (Fsp3) is 0.167. The van der Waals surface area contributed by atoms with Crippen LogP contribution in [0.25, 0.3) is 22.4 Å². The molecule has 0 saturated carbocycles. The number of hydrogen-bond donors (Lipinski definition) is 2. The first kappa shape index (κ1) is 19.4. The molecule has 0 aliphatic rings. The van der Waals surface area contributed by atoms with E-state index in [2.05, 4.69) is 16.5 Å². The van der Waals surface area contributed by atoms with Crippen LogP contribution in [-0.2, 0) is 6.18 Å². The highest BCUT2D eigenvalue weighted by Crippen LogP contribution is 2.37. The van der Waals surface area contributed by atoms with E-state index in [-0.39, 0.29) is 34.0 Å². The number of pyridine rings is 1. The second-order valence-corrected chi connectivity index (χ2v) is 5.76. The van der Waals surface area contributed by atoms with Crippen molar-refractivity contribution in [3.8, 4) is 17.2 Å². The molecule has 0 spiro atoms. The number of methoxy groups -OCH3 is 1. The number of nitrogens with two attached hydrogens (primary N) is 2. The summed E-state index contributed by atoms with van der Waals surface area (Å²) in [6.45, 7) is 3.53. The van der Waals surface area contributed by atoms with Gasteiger partial charge in [-0.15, -0.1) is 6.58 Å². The van der Waals surface area contributed by atoms with Crippen LogP contribution in [0.1, 0.15) is 28.0 Å². The summed E-state index contributed by atoms with van der Waals surface area (Å²) in [4.78, 5) is 19.4. The number of benzene rings is 1. The van der Waals surface area contributed by atoms with Gasteiger partial charge in [0.15, 0.2) is 11.5 Å². The van der Waals surface area contributed by atoms with Gasteiger partial charge in [-0.2, -0.15) is 13.2 Å². The van der Waals surface area contributed by atoms with Gasteiger partial charge in [-0.3, -0.25) is 4.79 Å². The number of nitrogens with zero attached hydrogens (tertiary/aromatic N) is 2. The number of oxazole rings is 1. The third-order valence-corrected chi connectivity index (χ3v) is 4.00. The number of halogens is 3. The van der Waals surface area contributed by atoms with Gasteiger partial charge in [-0.25, -0.2) is 9.97 Å². The number of amides is 1. The number of ether oxygens (including phenoxy) is 1. The smallest absolute Gasteiger partial charge is 0.433 e. The molecular formula is C18H15F3N4O3. The molecule has 1 unspecified atom stereocenters. The van der Waals surface area contributed by atoms with Gasteiger partial charge in [0.05, 0.1) is 13.2 Å². The minimum absolute atomic E-state index is 0.00124. The summed E-state index contributed by atoms with van der Waals surface area (Å²) in [5, 5.41) is 0.281. The lowest BCUT2D eigenvalue weighted by molar-refractivity contribution is -0.140. The Bertz CT molecular complexity index is 1080. The molecule has 0 saturated heterocycles. The highest BCUT2D eigenvalue weighted by atomic mass is 19.4. The van der Waals surface area contributed by atoms with Crippen LogP contribution in [0.5, 0.6) is 5.75 Å². The number of fused-ring (bicyclic) bond motifs is 1. The summed E-state index contributed by atoms with van der Waals surface area (Å²) in [7, 11) is 1.31. The van der Waals surface area contributed by atoms with E-state index in [0.717, 1.165) is 6.07 Å². The average molecular weight is 392 g/mol. The minimum atomic E-state index is -4.62. The fourth-order valence-electron chi connectivity index (χ4n) is 2.66. The van der Waals surface area contributed by atoms with Crippen LogP contribution in [0.3, 0.4) is 0 Å². The molecule has 28 heavy (non-hydrogen) atoms. The molecule has 7 nitrogen and oxygen atoms in total. The lowest BCUT2D eigenvalue weighted by Crippen LogP contribution is -2.17. The van der Waals surface area contributed by atoms with E-state index in [1.54, 1.807) is 0 Å². The van der Waals surface area contributed by atoms with Crippen LogP contribution in [0, 0.1) is 0 Å². The zero-order chi connectivity index (χ0) is 20.6. The van der Waals surface area contributed by atoms with Crippen molar-refractivity contribution in [3.63, 3.8) is 0 Å². The maximum absolute atomic E-state index is 13.0. The zero-order valence-electron chi connectivity index (χ0n) is 14.6. The first-order valence-electron chi connectivity index (χ1n) is 7.91. The molecule has 0 fully saturated rings. The second-order valence-electron chi connectivity index (χ2n) is 5.76. The van der Waals surface area contributed by atoms with Gasteiger partial charge < -0.3 is 20.6 Å². The van der Waals surface area contributed by atoms with Crippen molar-refractivity contribution in [2.24, 2.45) is 11.5 Å². The predicted octanol–water partition coefficient (Wildman–Crippen LogP) is 3.20. The highest BCUT2D eigenvalue weighted by molar-refractivity contribution is 5.97. The Hall–Kier alpha value is -3.40. The molecule has 3 rings (SSSR count). The van der Waals surface area contributed by atoms with Crippen LogP contribution in [0.15, 0.2) is 41.3 Å². The molecule has 0 bridgehead atoms. The van der Waals surface area contributed by atoms with E-state index in [9.17, 15) is 18.0 Å². The van der Waals surface area contributed by atoms with Crippen molar-refractivity contribution in [2.45, 2.75) is 12.2 Å². The quantitative estimate of drug-likeness (QED) is 0.644. The molecule has 3 aromatic rings. The maximum Gasteiger partial charge on any atom is 0.433 e. The van der Waals surface area contributed by atoms with Crippen LogP contribution in [0.2, 0.25) is 0 Å². The van der Waals surface area contributed by atoms with Crippen molar-refractivity contribution < 1.29 is 27.1 Å². The lowest BCUT2D eigenvalue weighted by Gasteiger charge is -2.11. The molecule has 0 aliphatic heterocycles. The number of aromatic nitrogens is 2. The number of alkyl halides is 3. The summed E-state index contributed by atoms with van der Waals surface area (Å²) in [5.74, 6) is -0.774. The normalized spacial score (nSPS) is 12.8. The van der Waals surface area contributed by atoms with Crippen molar-refractivity contribution in [3.05, 3.63) is 54.1 Å². The Balaban J connectivity index is 2.27. The molecular weight excluding hydrogens is 377 g/mol. The highest BCUT2D eigenvalue weighted by Gasteiger charge is 2.33. The Morgan fingerprint density at radius 1 is 1.29 bits per heavy atom. The van der Waals surface area contributed by atoms with E-state index >= 15 is 0 Å². The Labute approximate surface area is 156 Å². The topological polar surface area (TPSA) is 117 Å². The largest absolute Gasteiger partial charge is 0.494 e. The molecule has 2 aromatic heterocycles. The molecule has 4 N–H and O–H groups in total. The third-order valence-electron chi connectivity index (χ3n) is 4.00. The van der Waals surface area contributed by atoms with E-state index in [0.29, 0.717) is 5.56 Å². The van der Waals surface area contributed by atoms with E-state index in [1.165, 1.54) is 31.4 Å². The van der Waals surface area contributed by atoms with E-state index < -0.39 is 23.8 Å². The number of hydrogen-bond acceptors (Lipinski definition) is 6. The van der Waals surface area contributed by atoms with Crippen LogP contribution >= 0.6 is 0 Å². The van der Waals surface area contributed by atoms with Crippen molar-refractivity contribution in [1.29, 1.82) is 0 Å². The number of carbonyl (C=O) groups is 1. The molecule has 0 radical (unpaired) electrons. The molecule has 10 heteroatoms. The van der Waals surface area contributed by atoms with Gasteiger partial charge in [0.25, 0.3) is 5.91 Å². The fourth-order valence-corrected chi connectivity index (χ4v) is 2.66.